The first-order valence-electron chi connectivity index (χ1n) is 5.38. The van der Waals surface area contributed by atoms with Crippen molar-refractivity contribution >= 4 is 11.9 Å². The number of aliphatic hydroxyl groups is 1. The molecule has 2 heterocycles. The van der Waals surface area contributed by atoms with Crippen LogP contribution < -0.4 is 0 Å². The predicted octanol–water partition coefficient (Wildman–Crippen LogP) is 0.575. The molecule has 0 aliphatic carbocycles. The van der Waals surface area contributed by atoms with Crippen molar-refractivity contribution in [1.29, 1.82) is 0 Å². The highest BCUT2D eigenvalue weighted by Gasteiger charge is 2.30. The van der Waals surface area contributed by atoms with E-state index in [1.807, 2.05) is 0 Å². The maximum absolute atomic E-state index is 12.0. The number of rotatable bonds is 3. The van der Waals surface area contributed by atoms with Gasteiger partial charge in [-0.05, 0) is 25.0 Å². The van der Waals surface area contributed by atoms with Gasteiger partial charge in [0.2, 0.25) is 5.76 Å². The normalized spacial score (nSPS) is 19.6. The fraction of sp³-hybridized carbons (Fsp3) is 0.455. The van der Waals surface area contributed by atoms with Gasteiger partial charge in [-0.1, -0.05) is 0 Å². The van der Waals surface area contributed by atoms with Crippen molar-refractivity contribution in [3.05, 3.63) is 23.7 Å². The van der Waals surface area contributed by atoms with Crippen molar-refractivity contribution in [3.8, 4) is 0 Å². The maximum Gasteiger partial charge on any atom is 0.371 e. The second-order valence-corrected chi connectivity index (χ2v) is 3.95. The topological polar surface area (TPSA) is 91.0 Å². The van der Waals surface area contributed by atoms with E-state index in [1.54, 1.807) is 0 Å². The number of carboxylic acids is 1. The number of amides is 1. The maximum atomic E-state index is 12.0. The van der Waals surface area contributed by atoms with Gasteiger partial charge in [-0.2, -0.15) is 0 Å². The SMILES string of the molecule is O=C(O)c1ccc(C(=O)N2CCCC2CO)o1. The Morgan fingerprint density at radius 2 is 2.12 bits per heavy atom. The summed E-state index contributed by atoms with van der Waals surface area (Å²) in [7, 11) is 0. The van der Waals surface area contributed by atoms with Crippen molar-refractivity contribution in [2.75, 3.05) is 13.2 Å². The highest BCUT2D eigenvalue weighted by molar-refractivity contribution is 5.93. The predicted molar refractivity (Wildman–Crippen MR) is 56.8 cm³/mol. The molecule has 6 heteroatoms. The molecule has 2 rings (SSSR count). The zero-order valence-electron chi connectivity index (χ0n) is 9.13. The fourth-order valence-electron chi connectivity index (χ4n) is 2.00. The largest absolute Gasteiger partial charge is 0.475 e. The molecule has 1 amide bonds. The first-order valence-corrected chi connectivity index (χ1v) is 5.38. The number of carbonyl (C=O) groups is 2. The number of carbonyl (C=O) groups excluding carboxylic acids is 1. The molecule has 0 aromatic carbocycles. The van der Waals surface area contributed by atoms with Crippen LogP contribution in [0.15, 0.2) is 16.5 Å². The van der Waals surface area contributed by atoms with Gasteiger partial charge >= 0.3 is 5.97 Å². The zero-order valence-corrected chi connectivity index (χ0v) is 9.13. The van der Waals surface area contributed by atoms with Crippen LogP contribution in [0.1, 0.15) is 34.0 Å². The Bertz CT molecular complexity index is 439. The van der Waals surface area contributed by atoms with E-state index in [1.165, 1.54) is 17.0 Å². The molecule has 6 nitrogen and oxygen atoms in total. The smallest absolute Gasteiger partial charge is 0.371 e. The van der Waals surface area contributed by atoms with Gasteiger partial charge in [0.1, 0.15) is 0 Å². The molecule has 0 saturated carbocycles. The highest BCUT2D eigenvalue weighted by atomic mass is 16.4. The fourth-order valence-corrected chi connectivity index (χ4v) is 2.00. The lowest BCUT2D eigenvalue weighted by molar-refractivity contribution is 0.0621. The van der Waals surface area contributed by atoms with Crippen LogP contribution in [0.5, 0.6) is 0 Å². The van der Waals surface area contributed by atoms with E-state index in [0.717, 1.165) is 12.8 Å². The minimum atomic E-state index is -1.20. The summed E-state index contributed by atoms with van der Waals surface area (Å²) in [5, 5.41) is 17.8. The van der Waals surface area contributed by atoms with Crippen LogP contribution in [-0.4, -0.2) is 46.2 Å². The van der Waals surface area contributed by atoms with Crippen molar-refractivity contribution in [2.24, 2.45) is 0 Å². The van der Waals surface area contributed by atoms with E-state index < -0.39 is 5.97 Å². The van der Waals surface area contributed by atoms with Gasteiger partial charge in [0.25, 0.3) is 5.91 Å². The average Bonchev–Trinajstić information content (AvgIpc) is 2.96. The van der Waals surface area contributed by atoms with E-state index in [2.05, 4.69) is 0 Å². The Balaban J connectivity index is 2.16. The lowest BCUT2D eigenvalue weighted by Crippen LogP contribution is -2.37. The van der Waals surface area contributed by atoms with Crippen LogP contribution in [-0.2, 0) is 0 Å². The second-order valence-electron chi connectivity index (χ2n) is 3.95. The average molecular weight is 239 g/mol. The van der Waals surface area contributed by atoms with Crippen LogP contribution in [0.2, 0.25) is 0 Å². The van der Waals surface area contributed by atoms with E-state index in [9.17, 15) is 9.59 Å². The third-order valence-corrected chi connectivity index (χ3v) is 2.88. The van der Waals surface area contributed by atoms with Gasteiger partial charge in [-0.25, -0.2) is 4.79 Å². The first kappa shape index (κ1) is 11.7. The van der Waals surface area contributed by atoms with Gasteiger partial charge < -0.3 is 19.5 Å². The molecular weight excluding hydrogens is 226 g/mol. The molecule has 1 atom stereocenters. The molecule has 1 aliphatic heterocycles. The lowest BCUT2D eigenvalue weighted by atomic mass is 10.2. The Labute approximate surface area is 97.4 Å². The molecule has 1 aromatic heterocycles. The molecule has 2 N–H and O–H groups in total. The molecule has 1 saturated heterocycles. The Kier molecular flexibility index (Phi) is 3.14. The van der Waals surface area contributed by atoms with Gasteiger partial charge in [0.05, 0.1) is 12.6 Å². The molecule has 0 radical (unpaired) electrons. The standard InChI is InChI=1S/C11H13NO5/c13-6-7-2-1-5-12(7)10(14)8-3-4-9(17-8)11(15)16/h3-4,7,13H,1-2,5-6H2,(H,15,16). The van der Waals surface area contributed by atoms with E-state index in [-0.39, 0.29) is 30.1 Å². The molecule has 0 spiro atoms. The van der Waals surface area contributed by atoms with Gasteiger partial charge in [0, 0.05) is 6.54 Å². The summed E-state index contributed by atoms with van der Waals surface area (Å²) in [6.07, 6.45) is 1.60. The van der Waals surface area contributed by atoms with Crippen molar-refractivity contribution in [3.63, 3.8) is 0 Å². The molecule has 92 valence electrons. The number of carboxylic acid groups (broad SMARTS) is 1. The van der Waals surface area contributed by atoms with Gasteiger partial charge in [0.15, 0.2) is 5.76 Å². The molecule has 1 aliphatic rings. The van der Waals surface area contributed by atoms with Crippen LogP contribution >= 0.6 is 0 Å². The van der Waals surface area contributed by atoms with Gasteiger partial charge in [-0.15, -0.1) is 0 Å². The zero-order chi connectivity index (χ0) is 12.4. The number of furan rings is 1. The Morgan fingerprint density at radius 3 is 2.71 bits per heavy atom. The third kappa shape index (κ3) is 2.16. The summed E-state index contributed by atoms with van der Waals surface area (Å²) >= 11 is 0. The summed E-state index contributed by atoms with van der Waals surface area (Å²) < 4.78 is 4.94. The minimum absolute atomic E-state index is 0.00255. The second kappa shape index (κ2) is 4.58. The van der Waals surface area contributed by atoms with E-state index in [0.29, 0.717) is 6.54 Å². The van der Waals surface area contributed by atoms with Crippen molar-refractivity contribution in [1.82, 2.24) is 4.90 Å². The van der Waals surface area contributed by atoms with Crippen LogP contribution in [0.4, 0.5) is 0 Å². The van der Waals surface area contributed by atoms with Crippen LogP contribution in [0.25, 0.3) is 0 Å². The highest BCUT2D eigenvalue weighted by Crippen LogP contribution is 2.20. The van der Waals surface area contributed by atoms with Gasteiger partial charge in [-0.3, -0.25) is 4.79 Å². The number of hydrogen-bond acceptors (Lipinski definition) is 4. The molecule has 1 aromatic rings. The number of likely N-dealkylation sites (tertiary alicyclic amines) is 1. The number of aromatic carboxylic acids is 1. The summed E-state index contributed by atoms with van der Waals surface area (Å²) in [6.45, 7) is 0.478. The summed E-state index contributed by atoms with van der Waals surface area (Å²) in [4.78, 5) is 24.1. The Morgan fingerprint density at radius 1 is 1.41 bits per heavy atom. The Hall–Kier alpha value is -1.82. The lowest BCUT2D eigenvalue weighted by Gasteiger charge is -2.21. The third-order valence-electron chi connectivity index (χ3n) is 2.88. The molecule has 0 bridgehead atoms. The summed E-state index contributed by atoms with van der Waals surface area (Å²) in [5.41, 5.74) is 0. The molecular formula is C11H13NO5. The number of aliphatic hydroxyl groups excluding tert-OH is 1. The monoisotopic (exact) mass is 239 g/mol. The molecule has 17 heavy (non-hydrogen) atoms. The quantitative estimate of drug-likeness (QED) is 0.804. The van der Waals surface area contributed by atoms with E-state index >= 15 is 0 Å². The first-order chi connectivity index (χ1) is 8.13. The van der Waals surface area contributed by atoms with E-state index in [4.69, 9.17) is 14.6 Å². The van der Waals surface area contributed by atoms with Crippen LogP contribution in [0.3, 0.4) is 0 Å². The summed E-state index contributed by atoms with van der Waals surface area (Å²) in [6, 6.07) is 2.40. The summed E-state index contributed by atoms with van der Waals surface area (Å²) in [5.74, 6) is -1.82. The number of hydrogen-bond donors (Lipinski definition) is 2. The van der Waals surface area contributed by atoms with Crippen molar-refractivity contribution in [2.45, 2.75) is 18.9 Å². The number of nitrogens with zero attached hydrogens (tertiary/aromatic N) is 1. The molecule has 1 unspecified atom stereocenters. The molecule has 1 fully saturated rings. The van der Waals surface area contributed by atoms with Crippen molar-refractivity contribution < 1.29 is 24.2 Å². The van der Waals surface area contributed by atoms with Crippen LogP contribution in [0, 0.1) is 0 Å². The minimum Gasteiger partial charge on any atom is -0.475 e.